The molecule has 342 valence electrons. The van der Waals surface area contributed by atoms with E-state index in [-0.39, 0.29) is 95.4 Å². The number of sulfonamides is 1. The lowest BCUT2D eigenvalue weighted by molar-refractivity contribution is -0.145. The standard InChI is InChI=1S/C39H67N7O13S/c1-30(47)19-21-33(39(54)55)41-36(50)22-20-31(38(52)53)28-32(48)29-59-26-25-58-24-23-40-35(49)18-15-27-60(56,57)44-37(51)17-14-12-10-8-6-4-2-3-5-7-9-11-13-16-34-42-45-46-43-34/h31,33H,2-29H2,1H3,(H,40,49)(H,41,50)(H,44,51)(H,52,53)(H,54,55)(H,42,43,45,46). The van der Waals surface area contributed by atoms with Crippen molar-refractivity contribution in [1.29, 1.82) is 0 Å². The van der Waals surface area contributed by atoms with Crippen molar-refractivity contribution in [3.05, 3.63) is 5.82 Å². The number of aryl methyl sites for hydroxylation is 1. The zero-order valence-corrected chi connectivity index (χ0v) is 35.9. The van der Waals surface area contributed by atoms with Gasteiger partial charge in [-0.3, -0.25) is 28.7 Å². The van der Waals surface area contributed by atoms with Crippen molar-refractivity contribution in [2.24, 2.45) is 5.92 Å². The number of ketones is 2. The number of tetrazole rings is 1. The molecule has 60 heavy (non-hydrogen) atoms. The summed E-state index contributed by atoms with van der Waals surface area (Å²) in [6.45, 7) is 1.25. The SMILES string of the molecule is CC(=O)CCC(NC(=O)CCC(CC(=O)COCCOCCNC(=O)CCCS(=O)(=O)NC(=O)CCCCCCCCCCCCCCCc1nn[nH]n1)C(=O)O)C(=O)O. The maximum Gasteiger partial charge on any atom is 0.326 e. The van der Waals surface area contributed by atoms with Gasteiger partial charge in [-0.15, -0.1) is 10.2 Å². The van der Waals surface area contributed by atoms with E-state index in [0.717, 1.165) is 44.3 Å². The normalized spacial score (nSPS) is 12.3. The fraction of sp³-hybridized carbons (Fsp3) is 0.795. The number of carbonyl (C=O) groups is 7. The lowest BCUT2D eigenvalue weighted by atomic mass is 9.97. The van der Waals surface area contributed by atoms with Crippen LogP contribution in [0.4, 0.5) is 0 Å². The van der Waals surface area contributed by atoms with Gasteiger partial charge in [0.05, 0.1) is 31.5 Å². The van der Waals surface area contributed by atoms with Gasteiger partial charge in [0.2, 0.25) is 27.7 Å². The number of H-pyrrole nitrogens is 1. The molecule has 0 radical (unpaired) electrons. The summed E-state index contributed by atoms with van der Waals surface area (Å²) in [7, 11) is -3.85. The average molecular weight is 874 g/mol. The van der Waals surface area contributed by atoms with Gasteiger partial charge in [-0.25, -0.2) is 13.2 Å². The minimum absolute atomic E-state index is 0.00800. The maximum atomic E-state index is 12.3. The number of nitrogens with zero attached hydrogens (tertiary/aromatic N) is 3. The number of carboxylic acids is 2. The first kappa shape index (κ1) is 53.6. The smallest absolute Gasteiger partial charge is 0.326 e. The lowest BCUT2D eigenvalue weighted by Gasteiger charge is -2.15. The molecule has 20 nitrogen and oxygen atoms in total. The quantitative estimate of drug-likeness (QED) is 0.0517. The molecule has 1 heterocycles. The van der Waals surface area contributed by atoms with E-state index in [2.05, 4.69) is 36.0 Å². The third-order valence-electron chi connectivity index (χ3n) is 9.44. The number of carbonyl (C=O) groups excluding carboxylic acids is 5. The van der Waals surface area contributed by atoms with Gasteiger partial charge in [0.15, 0.2) is 11.6 Å². The lowest BCUT2D eigenvalue weighted by Crippen LogP contribution is -2.41. The van der Waals surface area contributed by atoms with E-state index >= 15 is 0 Å². The van der Waals surface area contributed by atoms with Crippen molar-refractivity contribution in [1.82, 2.24) is 36.0 Å². The summed E-state index contributed by atoms with van der Waals surface area (Å²) in [5.41, 5.74) is 0. The molecule has 1 rings (SSSR count). The van der Waals surface area contributed by atoms with Crippen molar-refractivity contribution < 1.29 is 61.7 Å². The van der Waals surface area contributed by atoms with E-state index in [4.69, 9.17) is 9.47 Å². The third-order valence-corrected chi connectivity index (χ3v) is 10.8. The molecule has 2 unspecified atom stereocenters. The van der Waals surface area contributed by atoms with Crippen LogP contribution < -0.4 is 15.4 Å². The highest BCUT2D eigenvalue weighted by Crippen LogP contribution is 2.15. The highest BCUT2D eigenvalue weighted by molar-refractivity contribution is 7.90. The molecule has 0 saturated heterocycles. The Morgan fingerprint density at radius 3 is 1.87 bits per heavy atom. The first-order chi connectivity index (χ1) is 28.7. The summed E-state index contributed by atoms with van der Waals surface area (Å²) in [4.78, 5) is 82.6. The first-order valence-electron chi connectivity index (χ1n) is 21.1. The highest BCUT2D eigenvalue weighted by atomic mass is 32.2. The molecule has 1 aromatic rings. The van der Waals surface area contributed by atoms with E-state index in [9.17, 15) is 52.2 Å². The number of amides is 3. The average Bonchev–Trinajstić information content (AvgIpc) is 3.70. The van der Waals surface area contributed by atoms with Crippen molar-refractivity contribution >= 4 is 51.2 Å². The van der Waals surface area contributed by atoms with Gasteiger partial charge < -0.3 is 35.1 Å². The van der Waals surface area contributed by atoms with Gasteiger partial charge in [0.1, 0.15) is 18.4 Å². The van der Waals surface area contributed by atoms with E-state index in [1.165, 1.54) is 51.9 Å². The Hall–Kier alpha value is -4.37. The molecule has 0 aliphatic carbocycles. The fourth-order valence-corrected chi connectivity index (χ4v) is 7.16. The van der Waals surface area contributed by atoms with E-state index < -0.39 is 57.9 Å². The summed E-state index contributed by atoms with van der Waals surface area (Å²) < 4.78 is 37.2. The van der Waals surface area contributed by atoms with Crippen LogP contribution in [0, 0.1) is 5.92 Å². The zero-order chi connectivity index (χ0) is 44.4. The Balaban J connectivity index is 2.01. The Kier molecular flexibility index (Phi) is 29.8. The van der Waals surface area contributed by atoms with E-state index in [0.29, 0.717) is 6.42 Å². The second-order valence-electron chi connectivity index (χ2n) is 14.9. The Bertz CT molecular complexity index is 1530. The van der Waals surface area contributed by atoms with Crippen LogP contribution in [0.25, 0.3) is 0 Å². The molecular formula is C39H67N7O13S. The monoisotopic (exact) mass is 873 g/mol. The van der Waals surface area contributed by atoms with Crippen molar-refractivity contribution in [2.75, 3.05) is 38.7 Å². The molecule has 1 aromatic heterocycles. The summed E-state index contributed by atoms with van der Waals surface area (Å²) >= 11 is 0. The van der Waals surface area contributed by atoms with Crippen LogP contribution in [0.5, 0.6) is 0 Å². The molecule has 6 N–H and O–H groups in total. The van der Waals surface area contributed by atoms with Gasteiger partial charge >= 0.3 is 11.9 Å². The minimum atomic E-state index is -3.85. The van der Waals surface area contributed by atoms with Crippen LogP contribution in [0.15, 0.2) is 0 Å². The molecule has 0 bridgehead atoms. The Morgan fingerprint density at radius 1 is 0.683 bits per heavy atom. The predicted molar refractivity (Wildman–Crippen MR) is 218 cm³/mol. The van der Waals surface area contributed by atoms with Crippen molar-refractivity contribution in [3.8, 4) is 0 Å². The summed E-state index contributed by atoms with van der Waals surface area (Å²) in [6.07, 6.45) is 14.3. The molecule has 0 spiro atoms. The molecule has 3 amide bonds. The van der Waals surface area contributed by atoms with E-state index in [1.54, 1.807) is 0 Å². The molecule has 0 aliphatic heterocycles. The molecule has 21 heteroatoms. The van der Waals surface area contributed by atoms with Crippen LogP contribution in [-0.4, -0.2) is 125 Å². The first-order valence-corrected chi connectivity index (χ1v) is 22.8. The summed E-state index contributed by atoms with van der Waals surface area (Å²) in [6, 6.07) is -1.29. The number of hydrogen-bond donors (Lipinski definition) is 6. The van der Waals surface area contributed by atoms with Gasteiger partial charge in [0.25, 0.3) is 0 Å². The van der Waals surface area contributed by atoms with Gasteiger partial charge in [-0.1, -0.05) is 75.8 Å². The molecule has 0 aliphatic rings. The number of nitrogens with one attached hydrogen (secondary N) is 4. The highest BCUT2D eigenvalue weighted by Gasteiger charge is 2.25. The molecule has 2 atom stereocenters. The van der Waals surface area contributed by atoms with Gasteiger partial charge in [-0.05, 0) is 39.0 Å². The Labute approximate surface area is 352 Å². The number of hydrogen-bond acceptors (Lipinski definition) is 14. The van der Waals surface area contributed by atoms with Crippen LogP contribution in [0.3, 0.4) is 0 Å². The predicted octanol–water partition coefficient (Wildman–Crippen LogP) is 2.96. The summed E-state index contributed by atoms with van der Waals surface area (Å²) in [5, 5.41) is 37.5. The molecule has 0 fully saturated rings. The maximum absolute atomic E-state index is 12.3. The second-order valence-corrected chi connectivity index (χ2v) is 16.7. The van der Waals surface area contributed by atoms with Crippen LogP contribution in [-0.2, 0) is 59.5 Å². The van der Waals surface area contributed by atoms with Crippen molar-refractivity contribution in [3.63, 3.8) is 0 Å². The van der Waals surface area contributed by atoms with Crippen LogP contribution in [0.2, 0.25) is 0 Å². The topological polar surface area (TPSA) is 303 Å². The summed E-state index contributed by atoms with van der Waals surface area (Å²) in [5.74, 6) is -5.77. The van der Waals surface area contributed by atoms with E-state index in [1.807, 2.05) is 0 Å². The molecule has 0 saturated carbocycles. The largest absolute Gasteiger partial charge is 0.481 e. The van der Waals surface area contributed by atoms with Crippen LogP contribution >= 0.6 is 0 Å². The number of ether oxygens (including phenoxy) is 2. The number of Topliss-reactive ketones (excluding diaryl/α,β-unsaturated/α-hetero) is 2. The number of aromatic amines is 1. The Morgan fingerprint density at radius 2 is 1.28 bits per heavy atom. The molecular weight excluding hydrogens is 807 g/mol. The van der Waals surface area contributed by atoms with Gasteiger partial charge in [-0.2, -0.15) is 5.21 Å². The number of aliphatic carboxylic acids is 2. The van der Waals surface area contributed by atoms with Crippen molar-refractivity contribution in [2.45, 2.75) is 154 Å². The number of rotatable bonds is 40. The second kappa shape index (κ2) is 33.4. The fourth-order valence-electron chi connectivity index (χ4n) is 6.08. The number of unbranched alkanes of at least 4 members (excludes halogenated alkanes) is 12. The van der Waals surface area contributed by atoms with Gasteiger partial charge in [0, 0.05) is 45.1 Å². The number of aromatic nitrogens is 4. The zero-order valence-electron chi connectivity index (χ0n) is 35.1. The minimum Gasteiger partial charge on any atom is -0.481 e. The third kappa shape index (κ3) is 30.6. The number of carboxylic acid groups (broad SMARTS) is 2. The molecule has 0 aromatic carbocycles. The van der Waals surface area contributed by atoms with Crippen LogP contribution in [0.1, 0.15) is 148 Å².